The van der Waals surface area contributed by atoms with Crippen molar-refractivity contribution < 1.29 is 27.4 Å². The van der Waals surface area contributed by atoms with Crippen molar-refractivity contribution >= 4 is 39.6 Å². The third kappa shape index (κ3) is 7.04. The van der Waals surface area contributed by atoms with Crippen molar-refractivity contribution in [2.24, 2.45) is 5.10 Å². The van der Waals surface area contributed by atoms with Gasteiger partial charge in [0, 0.05) is 17.6 Å². The van der Waals surface area contributed by atoms with Crippen LogP contribution in [0.15, 0.2) is 70.7 Å². The number of carbonyl (C=O) groups excluding carboxylic acids is 1. The van der Waals surface area contributed by atoms with Gasteiger partial charge >= 0.3 is 0 Å². The number of ether oxygens (including phenoxy) is 3. The van der Waals surface area contributed by atoms with E-state index in [4.69, 9.17) is 14.2 Å². The number of nitrogens with zero attached hydrogens (tertiary/aromatic N) is 2. The van der Waals surface area contributed by atoms with Crippen LogP contribution in [0.3, 0.4) is 0 Å². The summed E-state index contributed by atoms with van der Waals surface area (Å²) in [5, 5.41) is 4.02. The first-order chi connectivity index (χ1) is 18.7. The summed E-state index contributed by atoms with van der Waals surface area (Å²) in [4.78, 5) is 12.9. The average molecular weight is 570 g/mol. The first-order valence-electron chi connectivity index (χ1n) is 12.2. The van der Waals surface area contributed by atoms with Crippen molar-refractivity contribution in [3.8, 4) is 17.2 Å². The van der Waals surface area contributed by atoms with Crippen molar-refractivity contribution in [2.75, 3.05) is 36.6 Å². The quantitative estimate of drug-likeness (QED) is 0.273. The SMILES string of the molecule is COc1ccc(S(=O)(=O)N(CC(=O)N/N=C\c2ccc(OC3CSC3)cc2)c2cc(C)cc(C)c2)cc1OC. The number of sulfonamides is 1. The van der Waals surface area contributed by atoms with Crippen LogP contribution in [0.1, 0.15) is 16.7 Å². The molecule has 0 unspecified atom stereocenters. The van der Waals surface area contributed by atoms with Crippen LogP contribution in [-0.4, -0.2) is 58.9 Å². The van der Waals surface area contributed by atoms with Gasteiger partial charge in [-0.25, -0.2) is 13.8 Å². The molecule has 0 atom stereocenters. The van der Waals surface area contributed by atoms with E-state index in [0.29, 0.717) is 11.4 Å². The number of anilines is 1. The van der Waals surface area contributed by atoms with Gasteiger partial charge in [-0.1, -0.05) is 6.07 Å². The van der Waals surface area contributed by atoms with Crippen LogP contribution in [0.4, 0.5) is 5.69 Å². The van der Waals surface area contributed by atoms with Crippen LogP contribution in [0.5, 0.6) is 17.2 Å². The van der Waals surface area contributed by atoms with Gasteiger partial charge in [-0.05, 0) is 79.1 Å². The number of aryl methyl sites for hydroxylation is 2. The molecule has 206 valence electrons. The highest BCUT2D eigenvalue weighted by Crippen LogP contribution is 2.32. The Balaban J connectivity index is 1.53. The van der Waals surface area contributed by atoms with E-state index in [2.05, 4.69) is 10.5 Å². The lowest BCUT2D eigenvalue weighted by Crippen LogP contribution is -2.39. The summed E-state index contributed by atoms with van der Waals surface area (Å²) < 4.78 is 45.0. The number of carbonyl (C=O) groups is 1. The lowest BCUT2D eigenvalue weighted by molar-refractivity contribution is -0.119. The van der Waals surface area contributed by atoms with Crippen molar-refractivity contribution in [2.45, 2.75) is 24.8 Å². The summed E-state index contributed by atoms with van der Waals surface area (Å²) in [5.41, 5.74) is 5.28. The zero-order chi connectivity index (χ0) is 28.0. The molecule has 0 radical (unpaired) electrons. The molecule has 1 aliphatic heterocycles. The zero-order valence-electron chi connectivity index (χ0n) is 22.2. The van der Waals surface area contributed by atoms with Crippen molar-refractivity contribution in [1.82, 2.24) is 5.43 Å². The molecule has 1 N–H and O–H groups in total. The number of rotatable bonds is 11. The number of hydrogen-bond acceptors (Lipinski definition) is 8. The van der Waals surface area contributed by atoms with Crippen LogP contribution < -0.4 is 23.9 Å². The van der Waals surface area contributed by atoms with E-state index in [1.807, 2.05) is 55.9 Å². The standard InChI is InChI=1S/C28H31N3O6S2/c1-19-11-20(2)13-22(12-19)31(39(33,34)25-9-10-26(35-3)27(14-25)36-4)16-28(32)30-29-15-21-5-7-23(8-6-21)37-24-17-38-18-24/h5-15,24H,16-18H2,1-4H3,(H,30,32)/b29-15-. The molecular formula is C28H31N3O6S2. The highest BCUT2D eigenvalue weighted by molar-refractivity contribution is 8.00. The van der Waals surface area contributed by atoms with Gasteiger partial charge in [0.1, 0.15) is 18.4 Å². The fourth-order valence-corrected chi connectivity index (χ4v) is 5.95. The Kier molecular flexibility index (Phi) is 9.03. The Morgan fingerprint density at radius 2 is 1.67 bits per heavy atom. The minimum Gasteiger partial charge on any atom is -0.493 e. The molecule has 1 amide bonds. The second kappa shape index (κ2) is 12.4. The van der Waals surface area contributed by atoms with E-state index in [-0.39, 0.29) is 16.7 Å². The Labute approximate surface area is 233 Å². The van der Waals surface area contributed by atoms with Crippen molar-refractivity contribution in [1.29, 1.82) is 0 Å². The van der Waals surface area contributed by atoms with Crippen molar-refractivity contribution in [3.63, 3.8) is 0 Å². The predicted octanol–water partition coefficient (Wildman–Crippen LogP) is 4.16. The molecule has 0 bridgehead atoms. The lowest BCUT2D eigenvalue weighted by Gasteiger charge is -2.25. The molecule has 4 rings (SSSR count). The molecule has 39 heavy (non-hydrogen) atoms. The summed E-state index contributed by atoms with van der Waals surface area (Å²) in [6, 6.07) is 17.0. The summed E-state index contributed by atoms with van der Waals surface area (Å²) >= 11 is 1.85. The third-order valence-electron chi connectivity index (χ3n) is 5.92. The summed E-state index contributed by atoms with van der Waals surface area (Å²) in [7, 11) is -1.27. The minimum atomic E-state index is -4.16. The van der Waals surface area contributed by atoms with Gasteiger partial charge < -0.3 is 14.2 Å². The fourth-order valence-electron chi connectivity index (χ4n) is 3.97. The van der Waals surface area contributed by atoms with E-state index >= 15 is 0 Å². The lowest BCUT2D eigenvalue weighted by atomic mass is 10.1. The van der Waals surface area contributed by atoms with Crippen LogP contribution in [-0.2, 0) is 14.8 Å². The molecule has 11 heteroatoms. The summed E-state index contributed by atoms with van der Waals surface area (Å²) in [6.45, 7) is 3.25. The van der Waals surface area contributed by atoms with Gasteiger partial charge in [0.25, 0.3) is 15.9 Å². The summed E-state index contributed by atoms with van der Waals surface area (Å²) in [6.07, 6.45) is 1.74. The van der Waals surface area contributed by atoms with Crippen LogP contribution in [0.25, 0.3) is 0 Å². The number of hydrazone groups is 1. The highest BCUT2D eigenvalue weighted by atomic mass is 32.2. The smallest absolute Gasteiger partial charge is 0.264 e. The highest BCUT2D eigenvalue weighted by Gasteiger charge is 2.29. The molecule has 3 aromatic carbocycles. The monoisotopic (exact) mass is 569 g/mol. The molecule has 0 aromatic heterocycles. The topological polar surface area (TPSA) is 107 Å². The van der Waals surface area contributed by atoms with Gasteiger partial charge in [-0.3, -0.25) is 9.10 Å². The number of benzene rings is 3. The molecule has 1 aliphatic rings. The fraction of sp³-hybridized carbons (Fsp3) is 0.286. The molecule has 1 heterocycles. The minimum absolute atomic E-state index is 0.0431. The Morgan fingerprint density at radius 3 is 2.26 bits per heavy atom. The molecule has 0 aliphatic carbocycles. The molecule has 1 fully saturated rings. The normalized spacial score (nSPS) is 13.5. The first-order valence-corrected chi connectivity index (χ1v) is 14.8. The predicted molar refractivity (Wildman–Crippen MR) is 154 cm³/mol. The van der Waals surface area contributed by atoms with E-state index in [0.717, 1.165) is 38.3 Å². The van der Waals surface area contributed by atoms with E-state index in [1.165, 1.54) is 38.6 Å². The van der Waals surface area contributed by atoms with Crippen molar-refractivity contribution in [3.05, 3.63) is 77.4 Å². The zero-order valence-corrected chi connectivity index (χ0v) is 23.8. The number of hydrogen-bond donors (Lipinski definition) is 1. The second-order valence-electron chi connectivity index (χ2n) is 9.01. The van der Waals surface area contributed by atoms with Crippen LogP contribution in [0, 0.1) is 13.8 Å². The summed E-state index contributed by atoms with van der Waals surface area (Å²) in [5.74, 6) is 2.83. The van der Waals surface area contributed by atoms with E-state index in [9.17, 15) is 13.2 Å². The maximum Gasteiger partial charge on any atom is 0.264 e. The van der Waals surface area contributed by atoms with Crippen LogP contribution >= 0.6 is 11.8 Å². The van der Waals surface area contributed by atoms with Gasteiger partial charge in [0.2, 0.25) is 0 Å². The molecular weight excluding hydrogens is 538 g/mol. The molecule has 0 spiro atoms. The Bertz CT molecular complexity index is 1430. The number of nitrogens with one attached hydrogen (secondary N) is 1. The Morgan fingerprint density at radius 1 is 1.00 bits per heavy atom. The molecule has 9 nitrogen and oxygen atoms in total. The van der Waals surface area contributed by atoms with Gasteiger partial charge in [0.05, 0.1) is 31.0 Å². The van der Waals surface area contributed by atoms with Gasteiger partial charge in [-0.2, -0.15) is 16.9 Å². The van der Waals surface area contributed by atoms with Gasteiger partial charge in [0.15, 0.2) is 11.5 Å². The largest absolute Gasteiger partial charge is 0.493 e. The van der Waals surface area contributed by atoms with E-state index < -0.39 is 22.5 Å². The average Bonchev–Trinajstić information content (AvgIpc) is 2.89. The number of amides is 1. The van der Waals surface area contributed by atoms with E-state index in [1.54, 1.807) is 12.1 Å². The maximum absolute atomic E-state index is 13.8. The second-order valence-corrected chi connectivity index (χ2v) is 12.0. The maximum atomic E-state index is 13.8. The third-order valence-corrected chi connectivity index (χ3v) is 8.90. The van der Waals surface area contributed by atoms with Gasteiger partial charge in [-0.15, -0.1) is 0 Å². The first kappa shape index (κ1) is 28.3. The molecule has 1 saturated heterocycles. The molecule has 0 saturated carbocycles. The molecule has 3 aromatic rings. The number of thioether (sulfide) groups is 1. The Hall–Kier alpha value is -3.70. The van der Waals surface area contributed by atoms with Crippen LogP contribution in [0.2, 0.25) is 0 Å². The number of methoxy groups -OCH3 is 2.